The number of benzene rings is 1. The van der Waals surface area contributed by atoms with Crippen LogP contribution in [-0.4, -0.2) is 34.1 Å². The second-order valence-electron chi connectivity index (χ2n) is 6.19. The van der Waals surface area contributed by atoms with Crippen molar-refractivity contribution in [3.8, 4) is 5.82 Å². The number of aromatic nitrogens is 3. The van der Waals surface area contributed by atoms with Crippen LogP contribution in [0, 0.1) is 0 Å². The van der Waals surface area contributed by atoms with Crippen molar-refractivity contribution < 1.29 is 0 Å². The average molecular weight is 417 g/mol. The smallest absolute Gasteiger partial charge is 0.191 e. The summed E-state index contributed by atoms with van der Waals surface area (Å²) in [7, 11) is 1.76. The number of hydrogen-bond acceptors (Lipinski definition) is 3. The quantitative estimate of drug-likeness (QED) is 0.348. The van der Waals surface area contributed by atoms with Crippen LogP contribution in [0.2, 0.25) is 10.0 Å². The molecule has 6 nitrogen and oxygen atoms in total. The molecule has 3 aromatic rings. The topological polar surface area (TPSA) is 67.1 Å². The Morgan fingerprint density at radius 1 is 1.18 bits per heavy atom. The van der Waals surface area contributed by atoms with Gasteiger partial charge in [-0.25, -0.2) is 9.97 Å². The van der Waals surface area contributed by atoms with Gasteiger partial charge in [-0.05, 0) is 42.2 Å². The predicted molar refractivity (Wildman–Crippen MR) is 114 cm³/mol. The molecule has 0 aliphatic rings. The summed E-state index contributed by atoms with van der Waals surface area (Å²) in [6, 6.07) is 9.61. The molecule has 0 fully saturated rings. The van der Waals surface area contributed by atoms with Gasteiger partial charge in [-0.3, -0.25) is 9.56 Å². The molecule has 0 unspecified atom stereocenters. The number of nitrogens with zero attached hydrogens (tertiary/aromatic N) is 4. The minimum atomic E-state index is 0.639. The lowest BCUT2D eigenvalue weighted by atomic mass is 10.1. The molecule has 2 heterocycles. The molecular weight excluding hydrogens is 395 g/mol. The Bertz CT molecular complexity index is 907. The average Bonchev–Trinajstić information content (AvgIpc) is 3.24. The molecule has 0 aliphatic carbocycles. The van der Waals surface area contributed by atoms with E-state index in [0.29, 0.717) is 16.6 Å². The van der Waals surface area contributed by atoms with Gasteiger partial charge in [0.05, 0.1) is 0 Å². The van der Waals surface area contributed by atoms with Gasteiger partial charge in [0, 0.05) is 48.8 Å². The molecule has 0 aliphatic heterocycles. The summed E-state index contributed by atoms with van der Waals surface area (Å²) in [6.07, 6.45) is 8.97. The number of rotatable bonds is 7. The van der Waals surface area contributed by atoms with Gasteiger partial charge >= 0.3 is 0 Å². The second kappa shape index (κ2) is 10.1. The van der Waals surface area contributed by atoms with Crippen molar-refractivity contribution in [3.63, 3.8) is 0 Å². The molecule has 28 heavy (non-hydrogen) atoms. The Balaban J connectivity index is 1.42. The van der Waals surface area contributed by atoms with Gasteiger partial charge in [0.2, 0.25) is 0 Å². The van der Waals surface area contributed by atoms with Crippen LogP contribution in [0.4, 0.5) is 0 Å². The van der Waals surface area contributed by atoms with Gasteiger partial charge in [-0.15, -0.1) is 0 Å². The van der Waals surface area contributed by atoms with Crippen molar-refractivity contribution in [2.24, 2.45) is 4.99 Å². The number of aryl methyl sites for hydroxylation is 1. The Kier molecular flexibility index (Phi) is 7.28. The lowest BCUT2D eigenvalue weighted by Gasteiger charge is -2.12. The summed E-state index contributed by atoms with van der Waals surface area (Å²) in [5.41, 5.74) is 2.17. The second-order valence-corrected chi connectivity index (χ2v) is 7.03. The fraction of sp³-hybridized carbons (Fsp3) is 0.250. The summed E-state index contributed by atoms with van der Waals surface area (Å²) in [6.45, 7) is 1.43. The predicted octanol–water partition coefficient (Wildman–Crippen LogP) is 3.87. The van der Waals surface area contributed by atoms with Crippen LogP contribution < -0.4 is 10.6 Å². The molecule has 0 radical (unpaired) electrons. The fourth-order valence-corrected chi connectivity index (χ4v) is 3.19. The molecule has 0 bridgehead atoms. The Morgan fingerprint density at radius 3 is 2.75 bits per heavy atom. The first kappa shape index (κ1) is 20.2. The zero-order valence-corrected chi connectivity index (χ0v) is 17.1. The molecule has 146 valence electrons. The van der Waals surface area contributed by atoms with E-state index in [1.165, 1.54) is 0 Å². The van der Waals surface area contributed by atoms with E-state index in [-0.39, 0.29) is 0 Å². The van der Waals surface area contributed by atoms with Crippen molar-refractivity contribution in [1.82, 2.24) is 25.2 Å². The van der Waals surface area contributed by atoms with Gasteiger partial charge in [0.15, 0.2) is 5.96 Å². The van der Waals surface area contributed by atoms with Crippen LogP contribution in [0.1, 0.15) is 17.5 Å². The van der Waals surface area contributed by atoms with E-state index < -0.39 is 0 Å². The van der Waals surface area contributed by atoms with Crippen LogP contribution in [0.25, 0.3) is 5.82 Å². The van der Waals surface area contributed by atoms with E-state index in [4.69, 9.17) is 23.2 Å². The summed E-state index contributed by atoms with van der Waals surface area (Å²) in [5, 5.41) is 7.97. The summed E-state index contributed by atoms with van der Waals surface area (Å²) >= 11 is 12.1. The van der Waals surface area contributed by atoms with E-state index in [2.05, 4.69) is 25.6 Å². The van der Waals surface area contributed by atoms with Crippen LogP contribution in [0.3, 0.4) is 0 Å². The largest absolute Gasteiger partial charge is 0.356 e. The SMILES string of the molecule is CN=C(NCCCc1ccc(Cl)cc1Cl)NCc1ccc(-n2ccnc2)nc1. The fourth-order valence-electron chi connectivity index (χ4n) is 2.69. The molecule has 0 spiro atoms. The van der Waals surface area contributed by atoms with Crippen LogP contribution >= 0.6 is 23.2 Å². The van der Waals surface area contributed by atoms with Crippen molar-refractivity contribution >= 4 is 29.2 Å². The lowest BCUT2D eigenvalue weighted by Crippen LogP contribution is -2.37. The molecule has 2 N–H and O–H groups in total. The maximum atomic E-state index is 6.21. The third kappa shape index (κ3) is 5.71. The minimum absolute atomic E-state index is 0.639. The molecule has 0 atom stereocenters. The number of guanidine groups is 1. The molecular formula is C20H22Cl2N6. The highest BCUT2D eigenvalue weighted by Gasteiger charge is 2.03. The Labute approximate surface area is 174 Å². The zero-order valence-electron chi connectivity index (χ0n) is 15.6. The van der Waals surface area contributed by atoms with Crippen molar-refractivity contribution in [2.75, 3.05) is 13.6 Å². The first-order chi connectivity index (χ1) is 13.7. The maximum absolute atomic E-state index is 6.21. The summed E-state index contributed by atoms with van der Waals surface area (Å²) in [5.74, 6) is 1.59. The molecule has 0 amide bonds. The van der Waals surface area contributed by atoms with Gasteiger partial charge in [0.1, 0.15) is 12.1 Å². The standard InChI is InChI=1S/C20H22Cl2N6/c1-23-20(25-8-2-3-16-5-6-17(21)11-18(16)22)27-13-15-4-7-19(26-12-15)28-10-9-24-14-28/h4-7,9-12,14H,2-3,8,13H2,1H3,(H2,23,25,27). The molecule has 0 saturated heterocycles. The molecule has 2 aromatic heterocycles. The molecule has 0 saturated carbocycles. The van der Waals surface area contributed by atoms with E-state index in [1.54, 1.807) is 25.6 Å². The highest BCUT2D eigenvalue weighted by molar-refractivity contribution is 6.35. The number of hydrogen-bond donors (Lipinski definition) is 2. The van der Waals surface area contributed by atoms with E-state index >= 15 is 0 Å². The van der Waals surface area contributed by atoms with E-state index in [9.17, 15) is 0 Å². The number of imidazole rings is 1. The van der Waals surface area contributed by atoms with Gasteiger partial charge in [0.25, 0.3) is 0 Å². The Morgan fingerprint density at radius 2 is 2.07 bits per heavy atom. The number of pyridine rings is 1. The third-order valence-electron chi connectivity index (χ3n) is 4.19. The number of halogens is 2. The first-order valence-electron chi connectivity index (χ1n) is 8.97. The third-order valence-corrected chi connectivity index (χ3v) is 4.78. The van der Waals surface area contributed by atoms with Crippen molar-refractivity contribution in [2.45, 2.75) is 19.4 Å². The maximum Gasteiger partial charge on any atom is 0.191 e. The molecule has 8 heteroatoms. The molecule has 3 rings (SSSR count). The number of aliphatic imine (C=N–C) groups is 1. The lowest BCUT2D eigenvalue weighted by molar-refractivity contribution is 0.741. The van der Waals surface area contributed by atoms with E-state index in [1.807, 2.05) is 41.2 Å². The molecule has 1 aromatic carbocycles. The normalized spacial score (nSPS) is 11.5. The van der Waals surface area contributed by atoms with Crippen molar-refractivity contribution in [1.29, 1.82) is 0 Å². The van der Waals surface area contributed by atoms with Crippen LogP contribution in [-0.2, 0) is 13.0 Å². The zero-order chi connectivity index (χ0) is 19.8. The van der Waals surface area contributed by atoms with Crippen molar-refractivity contribution in [3.05, 3.63) is 76.4 Å². The van der Waals surface area contributed by atoms with Gasteiger partial charge in [-0.2, -0.15) is 0 Å². The Hall–Kier alpha value is -2.57. The summed E-state index contributed by atoms with van der Waals surface area (Å²) in [4.78, 5) is 12.7. The van der Waals surface area contributed by atoms with Gasteiger partial charge in [-0.1, -0.05) is 35.3 Å². The van der Waals surface area contributed by atoms with E-state index in [0.717, 1.165) is 42.3 Å². The number of nitrogens with one attached hydrogen (secondary N) is 2. The first-order valence-corrected chi connectivity index (χ1v) is 9.73. The summed E-state index contributed by atoms with van der Waals surface area (Å²) < 4.78 is 1.87. The van der Waals surface area contributed by atoms with Gasteiger partial charge < -0.3 is 10.6 Å². The highest BCUT2D eigenvalue weighted by Crippen LogP contribution is 2.21. The monoisotopic (exact) mass is 416 g/mol. The minimum Gasteiger partial charge on any atom is -0.356 e. The van der Waals surface area contributed by atoms with Crippen LogP contribution in [0.5, 0.6) is 0 Å². The van der Waals surface area contributed by atoms with Crippen LogP contribution in [0.15, 0.2) is 60.2 Å². The highest BCUT2D eigenvalue weighted by atomic mass is 35.5.